The van der Waals surface area contributed by atoms with Gasteiger partial charge in [0.1, 0.15) is 0 Å². The van der Waals surface area contributed by atoms with Crippen molar-refractivity contribution in [1.82, 2.24) is 4.90 Å². The van der Waals surface area contributed by atoms with Crippen molar-refractivity contribution < 1.29 is 0 Å². The highest BCUT2D eigenvalue weighted by atomic mass is 35.5. The van der Waals surface area contributed by atoms with Crippen LogP contribution in [0.4, 0.5) is 5.69 Å². The van der Waals surface area contributed by atoms with Crippen molar-refractivity contribution in [3.05, 3.63) is 28.8 Å². The van der Waals surface area contributed by atoms with Crippen LogP contribution in [0.25, 0.3) is 0 Å². The van der Waals surface area contributed by atoms with Crippen molar-refractivity contribution in [1.29, 1.82) is 0 Å². The predicted molar refractivity (Wildman–Crippen MR) is 76.2 cm³/mol. The van der Waals surface area contributed by atoms with Crippen LogP contribution in [0.2, 0.25) is 5.02 Å². The maximum absolute atomic E-state index is 6.02. The Kier molecular flexibility index (Phi) is 4.45. The van der Waals surface area contributed by atoms with E-state index in [1.165, 1.54) is 5.56 Å². The molecule has 1 rings (SSSR count). The van der Waals surface area contributed by atoms with Crippen LogP contribution in [0.5, 0.6) is 0 Å². The molecule has 3 heteroatoms. The lowest BCUT2D eigenvalue weighted by atomic mass is 9.87. The molecule has 0 amide bonds. The van der Waals surface area contributed by atoms with Gasteiger partial charge in [0, 0.05) is 12.6 Å². The van der Waals surface area contributed by atoms with Gasteiger partial charge in [-0.05, 0) is 37.1 Å². The SMILES string of the molecule is CC(N(C)Cc1ccc(N)c(Cl)c1)C(C)(C)C. The Morgan fingerprint density at radius 2 is 1.94 bits per heavy atom. The summed E-state index contributed by atoms with van der Waals surface area (Å²) in [5.74, 6) is 0. The van der Waals surface area contributed by atoms with E-state index < -0.39 is 0 Å². The Labute approximate surface area is 110 Å². The molecule has 2 N–H and O–H groups in total. The van der Waals surface area contributed by atoms with Gasteiger partial charge in [0.15, 0.2) is 0 Å². The van der Waals surface area contributed by atoms with E-state index in [0.29, 0.717) is 16.8 Å². The van der Waals surface area contributed by atoms with E-state index in [1.807, 2.05) is 18.2 Å². The van der Waals surface area contributed by atoms with Crippen LogP contribution in [0, 0.1) is 5.41 Å². The molecule has 96 valence electrons. The highest BCUT2D eigenvalue weighted by Gasteiger charge is 2.23. The maximum atomic E-state index is 6.02. The average molecular weight is 255 g/mol. The topological polar surface area (TPSA) is 29.3 Å². The molecule has 0 heterocycles. The zero-order valence-corrected chi connectivity index (χ0v) is 12.2. The highest BCUT2D eigenvalue weighted by Crippen LogP contribution is 2.25. The number of hydrogen-bond acceptors (Lipinski definition) is 2. The molecule has 0 aliphatic heterocycles. The summed E-state index contributed by atoms with van der Waals surface area (Å²) in [6.07, 6.45) is 0. The molecule has 1 unspecified atom stereocenters. The van der Waals surface area contributed by atoms with E-state index in [1.54, 1.807) is 0 Å². The van der Waals surface area contributed by atoms with Crippen molar-refractivity contribution in [2.24, 2.45) is 5.41 Å². The number of anilines is 1. The Morgan fingerprint density at radius 1 is 1.35 bits per heavy atom. The monoisotopic (exact) mass is 254 g/mol. The number of nitrogen functional groups attached to an aromatic ring is 1. The fourth-order valence-corrected chi connectivity index (χ4v) is 1.96. The zero-order chi connectivity index (χ0) is 13.2. The molecule has 0 aliphatic rings. The van der Waals surface area contributed by atoms with Gasteiger partial charge < -0.3 is 5.73 Å². The minimum Gasteiger partial charge on any atom is -0.398 e. The zero-order valence-electron chi connectivity index (χ0n) is 11.4. The quantitative estimate of drug-likeness (QED) is 0.832. The van der Waals surface area contributed by atoms with Crippen LogP contribution < -0.4 is 5.73 Å². The fourth-order valence-electron chi connectivity index (χ4n) is 1.76. The van der Waals surface area contributed by atoms with Crippen molar-refractivity contribution in [3.63, 3.8) is 0 Å². The summed E-state index contributed by atoms with van der Waals surface area (Å²) in [6, 6.07) is 6.35. The number of rotatable bonds is 3. The normalized spacial score (nSPS) is 14.1. The summed E-state index contributed by atoms with van der Waals surface area (Å²) in [6.45, 7) is 9.90. The third-order valence-corrected chi connectivity index (χ3v) is 3.74. The van der Waals surface area contributed by atoms with E-state index in [9.17, 15) is 0 Å². The van der Waals surface area contributed by atoms with Crippen molar-refractivity contribution >= 4 is 17.3 Å². The standard InChI is InChI=1S/C14H23ClN2/c1-10(14(2,3)4)17(5)9-11-6-7-13(16)12(15)8-11/h6-8,10H,9,16H2,1-5H3. The minimum atomic E-state index is 0.270. The number of nitrogens with two attached hydrogens (primary N) is 1. The second kappa shape index (κ2) is 5.28. The van der Waals surface area contributed by atoms with Gasteiger partial charge in [-0.25, -0.2) is 0 Å². The maximum Gasteiger partial charge on any atom is 0.0638 e. The first-order chi connectivity index (χ1) is 7.71. The summed E-state index contributed by atoms with van der Waals surface area (Å²) in [5, 5.41) is 0.638. The van der Waals surface area contributed by atoms with Crippen LogP contribution in [0.1, 0.15) is 33.3 Å². The first kappa shape index (κ1) is 14.3. The minimum absolute atomic E-state index is 0.270. The van der Waals surface area contributed by atoms with Crippen molar-refractivity contribution in [2.45, 2.75) is 40.3 Å². The number of nitrogens with zero attached hydrogens (tertiary/aromatic N) is 1. The number of benzene rings is 1. The molecular formula is C14H23ClN2. The Balaban J connectivity index is 2.74. The van der Waals surface area contributed by atoms with Gasteiger partial charge in [-0.15, -0.1) is 0 Å². The van der Waals surface area contributed by atoms with Gasteiger partial charge in [-0.1, -0.05) is 38.4 Å². The van der Waals surface area contributed by atoms with Crippen LogP contribution in [0.3, 0.4) is 0 Å². The molecule has 2 nitrogen and oxygen atoms in total. The lowest BCUT2D eigenvalue weighted by Gasteiger charge is -2.35. The molecule has 0 radical (unpaired) electrons. The second-order valence-electron chi connectivity index (χ2n) is 5.81. The molecule has 0 fully saturated rings. The summed E-state index contributed by atoms with van der Waals surface area (Å²) in [4.78, 5) is 2.34. The van der Waals surface area contributed by atoms with E-state index in [4.69, 9.17) is 17.3 Å². The van der Waals surface area contributed by atoms with Crippen LogP contribution >= 0.6 is 11.6 Å². The summed E-state index contributed by atoms with van der Waals surface area (Å²) < 4.78 is 0. The van der Waals surface area contributed by atoms with Gasteiger partial charge in [-0.2, -0.15) is 0 Å². The van der Waals surface area contributed by atoms with Gasteiger partial charge in [-0.3, -0.25) is 4.90 Å². The van der Waals surface area contributed by atoms with Crippen LogP contribution in [-0.2, 0) is 6.54 Å². The Bertz CT molecular complexity index is 382. The molecule has 0 aromatic heterocycles. The molecular weight excluding hydrogens is 232 g/mol. The molecule has 1 aromatic rings. The molecule has 0 bridgehead atoms. The smallest absolute Gasteiger partial charge is 0.0638 e. The molecule has 0 aliphatic carbocycles. The summed E-state index contributed by atoms with van der Waals surface area (Å²) >= 11 is 6.02. The largest absolute Gasteiger partial charge is 0.398 e. The second-order valence-corrected chi connectivity index (χ2v) is 6.22. The summed E-state index contributed by atoms with van der Waals surface area (Å²) in [5.41, 5.74) is 7.81. The van der Waals surface area contributed by atoms with Crippen molar-refractivity contribution in [2.75, 3.05) is 12.8 Å². The predicted octanol–water partition coefficient (Wildman–Crippen LogP) is 3.79. The van der Waals surface area contributed by atoms with E-state index >= 15 is 0 Å². The molecule has 17 heavy (non-hydrogen) atoms. The average Bonchev–Trinajstić information content (AvgIpc) is 2.21. The molecule has 1 aromatic carbocycles. The third kappa shape index (κ3) is 3.90. The fraction of sp³-hybridized carbons (Fsp3) is 0.571. The van der Waals surface area contributed by atoms with E-state index in [2.05, 4.69) is 39.6 Å². The van der Waals surface area contributed by atoms with E-state index in [-0.39, 0.29) is 5.41 Å². The third-order valence-electron chi connectivity index (χ3n) is 3.41. The van der Waals surface area contributed by atoms with Crippen LogP contribution in [-0.4, -0.2) is 18.0 Å². The number of halogens is 1. The molecule has 0 saturated carbocycles. The number of hydrogen-bond donors (Lipinski definition) is 1. The van der Waals surface area contributed by atoms with Gasteiger partial charge in [0.05, 0.1) is 10.7 Å². The first-order valence-corrected chi connectivity index (χ1v) is 6.33. The molecule has 1 atom stereocenters. The van der Waals surface area contributed by atoms with Gasteiger partial charge >= 0.3 is 0 Å². The summed E-state index contributed by atoms with van der Waals surface area (Å²) in [7, 11) is 2.14. The molecule has 0 saturated heterocycles. The van der Waals surface area contributed by atoms with Crippen molar-refractivity contribution in [3.8, 4) is 0 Å². The molecule has 0 spiro atoms. The highest BCUT2D eigenvalue weighted by molar-refractivity contribution is 6.33. The van der Waals surface area contributed by atoms with Gasteiger partial charge in [0.2, 0.25) is 0 Å². The van der Waals surface area contributed by atoms with Gasteiger partial charge in [0.25, 0.3) is 0 Å². The lowest BCUT2D eigenvalue weighted by Crippen LogP contribution is -2.38. The van der Waals surface area contributed by atoms with E-state index in [0.717, 1.165) is 6.54 Å². The Hall–Kier alpha value is -0.730. The first-order valence-electron chi connectivity index (χ1n) is 5.96. The van der Waals surface area contributed by atoms with Crippen LogP contribution in [0.15, 0.2) is 18.2 Å². The lowest BCUT2D eigenvalue weighted by molar-refractivity contribution is 0.134. The Morgan fingerprint density at radius 3 is 2.41 bits per heavy atom.